The maximum Gasteiger partial charge on any atom is 0.153 e. The standard InChI is InChI=1S/C11H12Cl2O3/c1-11(2,15)6-16-10-7(5-14)3-8(12)4-9(10)13/h3-5,15H,6H2,1-2H3. The quantitative estimate of drug-likeness (QED) is 0.849. The average molecular weight is 263 g/mol. The van der Waals surface area contributed by atoms with Gasteiger partial charge in [-0.3, -0.25) is 4.79 Å². The zero-order chi connectivity index (χ0) is 12.3. The lowest BCUT2D eigenvalue weighted by Gasteiger charge is -2.19. The largest absolute Gasteiger partial charge is 0.488 e. The number of carbonyl (C=O) groups is 1. The van der Waals surface area contributed by atoms with E-state index in [4.69, 9.17) is 27.9 Å². The highest BCUT2D eigenvalue weighted by Crippen LogP contribution is 2.31. The number of carbonyl (C=O) groups excluding carboxylic acids is 1. The molecule has 0 amide bonds. The van der Waals surface area contributed by atoms with E-state index < -0.39 is 5.60 Å². The van der Waals surface area contributed by atoms with Crippen LogP contribution in [0.2, 0.25) is 10.0 Å². The number of aldehydes is 1. The molecular weight excluding hydrogens is 251 g/mol. The van der Waals surface area contributed by atoms with E-state index in [0.29, 0.717) is 11.3 Å². The maximum absolute atomic E-state index is 10.8. The predicted molar refractivity (Wildman–Crippen MR) is 63.6 cm³/mol. The van der Waals surface area contributed by atoms with Crippen LogP contribution in [-0.4, -0.2) is 23.6 Å². The van der Waals surface area contributed by atoms with Gasteiger partial charge in [-0.2, -0.15) is 0 Å². The predicted octanol–water partition coefficient (Wildman–Crippen LogP) is 2.96. The summed E-state index contributed by atoms with van der Waals surface area (Å²) in [7, 11) is 0. The maximum atomic E-state index is 10.8. The van der Waals surface area contributed by atoms with Crippen LogP contribution in [0.1, 0.15) is 24.2 Å². The molecule has 0 atom stereocenters. The van der Waals surface area contributed by atoms with Gasteiger partial charge >= 0.3 is 0 Å². The zero-order valence-electron chi connectivity index (χ0n) is 8.96. The summed E-state index contributed by atoms with van der Waals surface area (Å²) >= 11 is 11.6. The molecule has 5 heteroatoms. The first kappa shape index (κ1) is 13.3. The third kappa shape index (κ3) is 3.67. The Bertz CT molecular complexity index is 397. The molecule has 0 fully saturated rings. The highest BCUT2D eigenvalue weighted by Gasteiger charge is 2.17. The van der Waals surface area contributed by atoms with Crippen molar-refractivity contribution in [2.24, 2.45) is 0 Å². The zero-order valence-corrected chi connectivity index (χ0v) is 10.5. The van der Waals surface area contributed by atoms with Gasteiger partial charge < -0.3 is 9.84 Å². The Balaban J connectivity index is 2.99. The molecule has 1 rings (SSSR count). The number of benzene rings is 1. The van der Waals surface area contributed by atoms with Gasteiger partial charge in [0.1, 0.15) is 12.4 Å². The number of hydrogen-bond donors (Lipinski definition) is 1. The molecule has 0 bridgehead atoms. The first-order valence-electron chi connectivity index (χ1n) is 4.63. The van der Waals surface area contributed by atoms with Crippen LogP contribution in [0.25, 0.3) is 0 Å². The van der Waals surface area contributed by atoms with E-state index >= 15 is 0 Å². The Morgan fingerprint density at radius 1 is 1.44 bits per heavy atom. The molecule has 0 saturated carbocycles. The minimum Gasteiger partial charge on any atom is -0.488 e. The van der Waals surface area contributed by atoms with Crippen molar-refractivity contribution in [2.45, 2.75) is 19.4 Å². The third-order valence-corrected chi connectivity index (χ3v) is 2.23. The molecule has 0 heterocycles. The van der Waals surface area contributed by atoms with E-state index in [-0.39, 0.29) is 22.9 Å². The van der Waals surface area contributed by atoms with E-state index in [2.05, 4.69) is 0 Å². The van der Waals surface area contributed by atoms with E-state index in [1.54, 1.807) is 13.8 Å². The van der Waals surface area contributed by atoms with Crippen molar-refractivity contribution in [3.63, 3.8) is 0 Å². The van der Waals surface area contributed by atoms with Gasteiger partial charge in [-0.1, -0.05) is 23.2 Å². The van der Waals surface area contributed by atoms with Crippen molar-refractivity contribution in [2.75, 3.05) is 6.61 Å². The molecule has 0 aliphatic heterocycles. The molecule has 0 aliphatic rings. The van der Waals surface area contributed by atoms with Gasteiger partial charge in [0.15, 0.2) is 6.29 Å². The molecule has 0 spiro atoms. The van der Waals surface area contributed by atoms with Crippen LogP contribution >= 0.6 is 23.2 Å². The molecule has 1 N–H and O–H groups in total. The van der Waals surface area contributed by atoms with Gasteiger partial charge in [0.05, 0.1) is 16.2 Å². The minimum atomic E-state index is -0.997. The SMILES string of the molecule is CC(C)(O)COc1c(Cl)cc(Cl)cc1C=O. The van der Waals surface area contributed by atoms with Crippen molar-refractivity contribution in [3.8, 4) is 5.75 Å². The highest BCUT2D eigenvalue weighted by molar-refractivity contribution is 6.36. The topological polar surface area (TPSA) is 46.5 Å². The molecule has 0 aliphatic carbocycles. The minimum absolute atomic E-state index is 0.0369. The van der Waals surface area contributed by atoms with Gasteiger partial charge in [0.2, 0.25) is 0 Å². The van der Waals surface area contributed by atoms with Crippen LogP contribution in [-0.2, 0) is 0 Å². The summed E-state index contributed by atoms with van der Waals surface area (Å²) in [6.45, 7) is 3.23. The first-order chi connectivity index (χ1) is 7.33. The van der Waals surface area contributed by atoms with Crippen molar-refractivity contribution in [1.82, 2.24) is 0 Å². The Labute approximate surface area is 104 Å². The second-order valence-corrected chi connectivity index (χ2v) is 4.87. The molecule has 16 heavy (non-hydrogen) atoms. The van der Waals surface area contributed by atoms with E-state index in [1.807, 2.05) is 0 Å². The lowest BCUT2D eigenvalue weighted by atomic mass is 10.1. The molecule has 1 aromatic rings. The summed E-state index contributed by atoms with van der Waals surface area (Å²) in [5, 5.41) is 10.1. The van der Waals surface area contributed by atoms with Crippen molar-refractivity contribution in [3.05, 3.63) is 27.7 Å². The summed E-state index contributed by atoms with van der Waals surface area (Å²) in [6.07, 6.45) is 0.609. The van der Waals surface area contributed by atoms with E-state index in [0.717, 1.165) is 0 Å². The normalized spacial score (nSPS) is 11.3. The highest BCUT2D eigenvalue weighted by atomic mass is 35.5. The summed E-state index contributed by atoms with van der Waals surface area (Å²) < 4.78 is 5.31. The van der Waals surface area contributed by atoms with Gasteiger partial charge in [-0.05, 0) is 26.0 Å². The molecule has 88 valence electrons. The smallest absolute Gasteiger partial charge is 0.153 e. The number of ether oxygens (including phenoxy) is 1. The number of rotatable bonds is 4. The van der Waals surface area contributed by atoms with Crippen LogP contribution in [0.4, 0.5) is 0 Å². The van der Waals surface area contributed by atoms with Gasteiger partial charge in [0.25, 0.3) is 0 Å². The van der Waals surface area contributed by atoms with Crippen LogP contribution in [0.3, 0.4) is 0 Å². The molecule has 0 radical (unpaired) electrons. The van der Waals surface area contributed by atoms with Crippen LogP contribution in [0.5, 0.6) is 5.75 Å². The molecule has 1 aromatic carbocycles. The molecule has 0 unspecified atom stereocenters. The average Bonchev–Trinajstić information content (AvgIpc) is 2.13. The third-order valence-electron chi connectivity index (χ3n) is 1.73. The lowest BCUT2D eigenvalue weighted by Crippen LogP contribution is -2.28. The van der Waals surface area contributed by atoms with Crippen LogP contribution in [0, 0.1) is 0 Å². The van der Waals surface area contributed by atoms with Gasteiger partial charge in [-0.25, -0.2) is 0 Å². The molecule has 0 aromatic heterocycles. The Morgan fingerprint density at radius 3 is 2.56 bits per heavy atom. The second kappa shape index (κ2) is 5.04. The monoisotopic (exact) mass is 262 g/mol. The van der Waals surface area contributed by atoms with E-state index in [9.17, 15) is 9.90 Å². The van der Waals surface area contributed by atoms with E-state index in [1.165, 1.54) is 12.1 Å². The second-order valence-electron chi connectivity index (χ2n) is 4.02. The fourth-order valence-corrected chi connectivity index (χ4v) is 1.63. The Kier molecular flexibility index (Phi) is 4.19. The van der Waals surface area contributed by atoms with Gasteiger partial charge in [-0.15, -0.1) is 0 Å². The Hall–Kier alpha value is -0.770. The first-order valence-corrected chi connectivity index (χ1v) is 5.38. The fourth-order valence-electron chi connectivity index (χ4n) is 1.07. The fraction of sp³-hybridized carbons (Fsp3) is 0.364. The number of hydrogen-bond acceptors (Lipinski definition) is 3. The number of aliphatic hydroxyl groups is 1. The number of halogens is 2. The molecule has 3 nitrogen and oxygen atoms in total. The van der Waals surface area contributed by atoms with Crippen molar-refractivity contribution < 1.29 is 14.6 Å². The van der Waals surface area contributed by atoms with Crippen molar-refractivity contribution in [1.29, 1.82) is 0 Å². The van der Waals surface area contributed by atoms with Crippen LogP contribution in [0.15, 0.2) is 12.1 Å². The lowest BCUT2D eigenvalue weighted by molar-refractivity contribution is 0.0282. The van der Waals surface area contributed by atoms with Crippen LogP contribution < -0.4 is 4.74 Å². The summed E-state index contributed by atoms with van der Waals surface area (Å²) in [6, 6.07) is 2.94. The molecule has 0 saturated heterocycles. The summed E-state index contributed by atoms with van der Waals surface area (Å²) in [4.78, 5) is 10.8. The Morgan fingerprint density at radius 2 is 2.06 bits per heavy atom. The van der Waals surface area contributed by atoms with Crippen molar-refractivity contribution >= 4 is 29.5 Å². The molecular formula is C11H12Cl2O3. The summed E-state index contributed by atoms with van der Waals surface area (Å²) in [5.74, 6) is 0.239. The van der Waals surface area contributed by atoms with Gasteiger partial charge in [0, 0.05) is 5.02 Å². The summed E-state index contributed by atoms with van der Waals surface area (Å²) in [5.41, 5.74) is -0.731.